The molecule has 0 spiro atoms. The van der Waals surface area contributed by atoms with E-state index in [-0.39, 0.29) is 31.5 Å². The van der Waals surface area contributed by atoms with Crippen LogP contribution in [-0.2, 0) is 27.9 Å². The van der Waals surface area contributed by atoms with Crippen molar-refractivity contribution in [2.24, 2.45) is 0 Å². The van der Waals surface area contributed by atoms with Crippen LogP contribution in [-0.4, -0.2) is 74.3 Å². The predicted octanol–water partition coefficient (Wildman–Crippen LogP) is 20.4. The maximum atomic E-state index is 13.5. The Balaban J connectivity index is 5.13. The summed E-state index contributed by atoms with van der Waals surface area (Å²) >= 11 is 0. The van der Waals surface area contributed by atoms with Crippen molar-refractivity contribution in [3.63, 3.8) is 0 Å². The number of phosphoric acid groups is 1. The number of unbranched alkanes of at least 4 members (excludes halogenated alkanes) is 33. The summed E-state index contributed by atoms with van der Waals surface area (Å²) in [6.07, 6.45) is 74.7. The number of rotatable bonds is 59. The number of nitrogens with one attached hydrogen (secondary N) is 1. The van der Waals surface area contributed by atoms with Crippen molar-refractivity contribution in [3.05, 3.63) is 72.9 Å². The van der Waals surface area contributed by atoms with Crippen molar-refractivity contribution in [3.8, 4) is 0 Å². The first-order valence-electron chi connectivity index (χ1n) is 32.8. The highest BCUT2D eigenvalue weighted by Crippen LogP contribution is 2.43. The van der Waals surface area contributed by atoms with Crippen LogP contribution < -0.4 is 5.32 Å². The van der Waals surface area contributed by atoms with Gasteiger partial charge in [-0.25, -0.2) is 4.57 Å². The second-order valence-corrected chi connectivity index (χ2v) is 24.7. The van der Waals surface area contributed by atoms with E-state index in [0.29, 0.717) is 17.4 Å². The van der Waals surface area contributed by atoms with Gasteiger partial charge in [0.2, 0.25) is 5.91 Å². The minimum atomic E-state index is -4.45. The first-order valence-corrected chi connectivity index (χ1v) is 34.3. The molecule has 0 saturated heterocycles. The number of hydrogen-bond acceptors (Lipinski definition) is 6. The number of likely N-dealkylation sites (N-methyl/N-ethyl adjacent to an activating group) is 1. The number of phosphoric ester groups is 1. The highest BCUT2D eigenvalue weighted by atomic mass is 31.2. The first-order chi connectivity index (χ1) is 37.9. The fourth-order valence-corrected chi connectivity index (χ4v) is 10.1. The highest BCUT2D eigenvalue weighted by molar-refractivity contribution is 7.47. The van der Waals surface area contributed by atoms with Crippen molar-refractivity contribution < 1.29 is 37.3 Å². The standard InChI is InChI=1S/C68H125N2O7P/c1-7-10-13-16-19-22-25-28-30-31-32-33-34-35-36-37-38-39-41-43-46-49-52-55-58-61-68(72)77-66(59-56-53-50-47-44-27-24-21-18-15-12-9-3)65(64-76-78(73,74)75-63-62-70(4,5)6)69-67(71)60-57-54-51-48-45-42-40-29-26-23-20-17-14-11-8-2/h10,13,19,22,28,30,32-33,35-36,56,59,65-66H,7-9,11-12,14-18,20-21,23-27,29,31,34,37-55,57-58,60-64H2,1-6H3,(H-,69,71,73,74)/p+1/b13-10-,22-19-,30-28-,33-32-,36-35-,59-56+. The van der Waals surface area contributed by atoms with Gasteiger partial charge in [-0.3, -0.25) is 18.6 Å². The van der Waals surface area contributed by atoms with Gasteiger partial charge in [0, 0.05) is 12.8 Å². The molecular weight excluding hydrogens is 988 g/mol. The lowest BCUT2D eigenvalue weighted by molar-refractivity contribution is -0.870. The van der Waals surface area contributed by atoms with Crippen LogP contribution in [0, 0.1) is 0 Å². The monoisotopic (exact) mass is 1110 g/mol. The molecule has 0 aliphatic rings. The van der Waals surface area contributed by atoms with Gasteiger partial charge in [0.1, 0.15) is 19.3 Å². The molecule has 1 amide bonds. The molecule has 0 rings (SSSR count). The number of esters is 1. The van der Waals surface area contributed by atoms with Crippen molar-refractivity contribution in [1.29, 1.82) is 0 Å². The van der Waals surface area contributed by atoms with E-state index in [1.807, 2.05) is 33.3 Å². The van der Waals surface area contributed by atoms with Crippen molar-refractivity contribution in [2.75, 3.05) is 40.9 Å². The molecule has 3 unspecified atom stereocenters. The van der Waals surface area contributed by atoms with Crippen LogP contribution in [0.25, 0.3) is 0 Å². The Labute approximate surface area is 483 Å². The molecule has 0 aromatic heterocycles. The molecule has 78 heavy (non-hydrogen) atoms. The van der Waals surface area contributed by atoms with Crippen LogP contribution in [0.3, 0.4) is 0 Å². The molecule has 0 bridgehead atoms. The van der Waals surface area contributed by atoms with Gasteiger partial charge < -0.3 is 19.4 Å². The van der Waals surface area contributed by atoms with Crippen LogP contribution in [0.5, 0.6) is 0 Å². The molecule has 10 heteroatoms. The topological polar surface area (TPSA) is 111 Å². The van der Waals surface area contributed by atoms with E-state index in [1.54, 1.807) is 0 Å². The summed E-state index contributed by atoms with van der Waals surface area (Å²) in [5.74, 6) is -0.504. The van der Waals surface area contributed by atoms with Gasteiger partial charge in [-0.1, -0.05) is 280 Å². The molecular formula is C68H126N2O7P+. The Morgan fingerprint density at radius 2 is 0.821 bits per heavy atom. The summed E-state index contributed by atoms with van der Waals surface area (Å²) in [6.45, 7) is 6.92. The zero-order valence-electron chi connectivity index (χ0n) is 51.9. The number of amides is 1. The van der Waals surface area contributed by atoms with Gasteiger partial charge >= 0.3 is 13.8 Å². The lowest BCUT2D eigenvalue weighted by atomic mass is 10.0. The van der Waals surface area contributed by atoms with E-state index in [1.165, 1.54) is 161 Å². The van der Waals surface area contributed by atoms with Crippen molar-refractivity contribution >= 4 is 19.7 Å². The van der Waals surface area contributed by atoms with Crippen LogP contribution in [0.2, 0.25) is 0 Å². The smallest absolute Gasteiger partial charge is 0.456 e. The zero-order valence-corrected chi connectivity index (χ0v) is 52.8. The number of nitrogens with zero attached hydrogens (tertiary/aromatic N) is 1. The number of allylic oxidation sites excluding steroid dienone is 11. The number of carbonyl (C=O) groups excluding carboxylic acids is 2. The molecule has 0 saturated carbocycles. The van der Waals surface area contributed by atoms with Gasteiger partial charge in [-0.2, -0.15) is 0 Å². The molecule has 2 N–H and O–H groups in total. The van der Waals surface area contributed by atoms with Gasteiger partial charge in [-0.15, -0.1) is 0 Å². The minimum Gasteiger partial charge on any atom is -0.456 e. The summed E-state index contributed by atoms with van der Waals surface area (Å²) < 4.78 is 30.7. The van der Waals surface area contributed by atoms with Gasteiger partial charge in [0.25, 0.3) is 0 Å². The molecule has 454 valence electrons. The van der Waals surface area contributed by atoms with Crippen molar-refractivity contribution in [1.82, 2.24) is 5.32 Å². The van der Waals surface area contributed by atoms with Gasteiger partial charge in [0.05, 0.1) is 33.8 Å². The molecule has 0 heterocycles. The number of ether oxygens (including phenoxy) is 1. The summed E-state index contributed by atoms with van der Waals surface area (Å²) in [6, 6.07) is -0.851. The first kappa shape index (κ1) is 75.5. The van der Waals surface area contributed by atoms with Crippen molar-refractivity contribution in [2.45, 2.75) is 309 Å². The third kappa shape index (κ3) is 58.1. The molecule has 0 aromatic carbocycles. The summed E-state index contributed by atoms with van der Waals surface area (Å²) in [5, 5.41) is 3.06. The van der Waals surface area contributed by atoms with Crippen LogP contribution in [0.1, 0.15) is 297 Å². The average Bonchev–Trinajstić information content (AvgIpc) is 3.40. The second-order valence-electron chi connectivity index (χ2n) is 23.3. The fraction of sp³-hybridized carbons (Fsp3) is 0.794. The normalized spacial score (nSPS) is 14.1. The van der Waals surface area contributed by atoms with Crippen LogP contribution >= 0.6 is 7.82 Å². The number of quaternary nitrogens is 1. The van der Waals surface area contributed by atoms with E-state index in [9.17, 15) is 19.0 Å². The molecule has 0 radical (unpaired) electrons. The lowest BCUT2D eigenvalue weighted by Crippen LogP contribution is -2.47. The predicted molar refractivity (Wildman–Crippen MR) is 337 cm³/mol. The molecule has 0 aliphatic heterocycles. The van der Waals surface area contributed by atoms with Gasteiger partial charge in [-0.05, 0) is 76.7 Å². The second kappa shape index (κ2) is 57.7. The minimum absolute atomic E-state index is 0.0388. The van der Waals surface area contributed by atoms with Crippen LogP contribution in [0.4, 0.5) is 0 Å². The van der Waals surface area contributed by atoms with E-state index in [4.69, 9.17) is 13.8 Å². The van der Waals surface area contributed by atoms with E-state index >= 15 is 0 Å². The molecule has 9 nitrogen and oxygen atoms in total. The largest absolute Gasteiger partial charge is 0.472 e. The van der Waals surface area contributed by atoms with E-state index < -0.39 is 20.0 Å². The Kier molecular flexibility index (Phi) is 55.8. The molecule has 0 fully saturated rings. The van der Waals surface area contributed by atoms with Crippen LogP contribution in [0.15, 0.2) is 72.9 Å². The summed E-state index contributed by atoms with van der Waals surface area (Å²) in [4.78, 5) is 37.8. The maximum Gasteiger partial charge on any atom is 0.472 e. The SMILES string of the molecule is CC/C=C\C/C=C\C/C=C\C/C=C\C/C=C\CCCCCCCCCCCC(=O)OC(/C=C/CCCCCCCCCCCC)C(COP(=O)(O)OCC[N+](C)(C)C)NC(=O)CCCCCCCCCCCCCCCCC. The molecule has 0 aromatic rings. The van der Waals surface area contributed by atoms with E-state index in [0.717, 1.165) is 103 Å². The zero-order chi connectivity index (χ0) is 57.2. The van der Waals surface area contributed by atoms with Gasteiger partial charge in [0.15, 0.2) is 0 Å². The molecule has 3 atom stereocenters. The maximum absolute atomic E-state index is 13.5. The summed E-state index contributed by atoms with van der Waals surface area (Å²) in [5.41, 5.74) is 0. The Hall–Kier alpha value is -2.55. The average molecular weight is 1110 g/mol. The fourth-order valence-electron chi connectivity index (χ4n) is 9.38. The highest BCUT2D eigenvalue weighted by Gasteiger charge is 2.30. The Morgan fingerprint density at radius 1 is 0.462 bits per heavy atom. The molecule has 0 aliphatic carbocycles. The summed E-state index contributed by atoms with van der Waals surface area (Å²) in [7, 11) is 1.50. The third-order valence-electron chi connectivity index (χ3n) is 14.4. The number of hydrogen-bond donors (Lipinski definition) is 2. The Morgan fingerprint density at radius 3 is 1.23 bits per heavy atom. The Bertz CT molecular complexity index is 1570. The van der Waals surface area contributed by atoms with E-state index in [2.05, 4.69) is 86.8 Å². The lowest BCUT2D eigenvalue weighted by Gasteiger charge is -2.27. The number of carbonyl (C=O) groups is 2. The third-order valence-corrected chi connectivity index (χ3v) is 15.4. The quantitative estimate of drug-likeness (QED) is 0.0205.